The lowest BCUT2D eigenvalue weighted by molar-refractivity contribution is -0.209. The van der Waals surface area contributed by atoms with Crippen molar-refractivity contribution in [2.75, 3.05) is 150 Å². The second kappa shape index (κ2) is 44.7. The Morgan fingerprint density at radius 1 is 0.383 bits per heavy atom. The molecule has 7 aromatic rings. The number of methoxy groups -OCH3 is 3. The summed E-state index contributed by atoms with van der Waals surface area (Å²) in [6, 6.07) is 36.8. The summed E-state index contributed by atoms with van der Waals surface area (Å²) >= 11 is 1.48. The number of ether oxygens (including phenoxy) is 22. The molecule has 0 unspecified atom stereocenters. The number of likely N-dealkylation sites (tertiary alicyclic amines) is 1. The zero-order chi connectivity index (χ0) is 74.3. The third-order valence-corrected chi connectivity index (χ3v) is 15.6. The van der Waals surface area contributed by atoms with Crippen LogP contribution in [0.5, 0.6) is 23.0 Å². The number of rotatable bonds is 43. The molecule has 4 aromatic carbocycles. The van der Waals surface area contributed by atoms with E-state index in [1.807, 2.05) is 97.1 Å². The predicted molar refractivity (Wildman–Crippen MR) is 383 cm³/mol. The number of imide groups is 3. The molecule has 560 valence electrons. The van der Waals surface area contributed by atoms with Gasteiger partial charge in [-0.15, -0.1) is 11.3 Å². The fraction of sp³-hybridized carbons (Fsp3) is 0.312. The summed E-state index contributed by atoms with van der Waals surface area (Å²) in [5.74, 6) is 20.3. The van der Waals surface area contributed by atoms with Gasteiger partial charge in [0.1, 0.15) is 43.4 Å². The molecular weight excluding hydrogens is 1410 g/mol. The Morgan fingerprint density at radius 3 is 1.18 bits per heavy atom. The Balaban J connectivity index is 0.995. The summed E-state index contributed by atoms with van der Waals surface area (Å²) in [6.07, 6.45) is 7.47. The minimum Gasteiger partial charge on any atom is -0.484 e. The van der Waals surface area contributed by atoms with Gasteiger partial charge >= 0.3 is 0 Å². The highest BCUT2D eigenvalue weighted by molar-refractivity contribution is 7.24. The molecule has 10 rings (SSSR count). The molecule has 0 aliphatic carbocycles. The Morgan fingerprint density at radius 2 is 0.748 bits per heavy atom. The van der Waals surface area contributed by atoms with Crippen molar-refractivity contribution in [2.45, 2.75) is 12.8 Å². The fourth-order valence-electron chi connectivity index (χ4n) is 9.76. The van der Waals surface area contributed by atoms with Crippen molar-refractivity contribution in [2.24, 2.45) is 0 Å². The lowest BCUT2D eigenvalue weighted by Gasteiger charge is -2.12. The van der Waals surface area contributed by atoms with Crippen LogP contribution in [-0.4, -0.2) is 188 Å². The van der Waals surface area contributed by atoms with E-state index in [9.17, 15) is 14.4 Å². The number of amides is 3. The number of nitrogens with one attached hydrogen (secondary N) is 1. The summed E-state index contributed by atoms with van der Waals surface area (Å²) in [4.78, 5) is 52.7. The minimum atomic E-state index is -0.744. The van der Waals surface area contributed by atoms with Gasteiger partial charge in [0.05, 0.1) is 45.0 Å². The molecule has 1 fully saturated rings. The zero-order valence-corrected chi connectivity index (χ0v) is 59.5. The highest BCUT2D eigenvalue weighted by atomic mass is 32.1. The van der Waals surface area contributed by atoms with E-state index in [0.29, 0.717) is 95.1 Å². The average Bonchev–Trinajstić information content (AvgIpc) is 1.64. The maximum atomic E-state index is 13.0. The van der Waals surface area contributed by atoms with Crippen molar-refractivity contribution >= 4 is 73.8 Å². The molecule has 3 aliphatic heterocycles. The Kier molecular flexibility index (Phi) is 33.2. The van der Waals surface area contributed by atoms with Crippen LogP contribution in [0, 0.1) is 35.5 Å². The largest absolute Gasteiger partial charge is 0.484 e. The Labute approximate surface area is 619 Å². The highest BCUT2D eigenvalue weighted by Gasteiger charge is 2.34. The van der Waals surface area contributed by atoms with Crippen LogP contribution < -0.4 is 18.9 Å². The second-order valence-electron chi connectivity index (χ2n) is 22.0. The maximum absolute atomic E-state index is 13.0. The van der Waals surface area contributed by atoms with E-state index in [1.54, 1.807) is 48.5 Å². The Bertz CT molecular complexity index is 4300. The molecule has 0 saturated carbocycles. The summed E-state index contributed by atoms with van der Waals surface area (Å²) in [5.41, 5.74) is 8.40. The molecule has 107 heavy (non-hydrogen) atoms. The van der Waals surface area contributed by atoms with Gasteiger partial charge in [-0.05, 0) is 121 Å². The van der Waals surface area contributed by atoms with E-state index in [0.717, 1.165) is 20.5 Å². The molecule has 1 N–H and O–H groups in total. The quantitative estimate of drug-likeness (QED) is 0.0161. The molecular formula is C77H76N4O25S. The maximum Gasteiger partial charge on any atom is 0.273 e. The predicted octanol–water partition coefficient (Wildman–Crippen LogP) is 9.87. The van der Waals surface area contributed by atoms with Crippen LogP contribution in [0.4, 0.5) is 0 Å². The van der Waals surface area contributed by atoms with Crippen LogP contribution in [0.15, 0.2) is 121 Å². The normalized spacial score (nSPS) is 12.2. The van der Waals surface area contributed by atoms with Gasteiger partial charge in [-0.2, -0.15) is 0 Å². The zero-order valence-electron chi connectivity index (χ0n) is 58.7. The topological polar surface area (TPSA) is 299 Å². The summed E-state index contributed by atoms with van der Waals surface area (Å²) < 4.78 is 119. The van der Waals surface area contributed by atoms with Crippen molar-refractivity contribution in [3.63, 3.8) is 0 Å². The van der Waals surface area contributed by atoms with Crippen LogP contribution >= 0.6 is 11.3 Å². The number of aromatic amines is 1. The second-order valence-corrected chi connectivity index (χ2v) is 23.1. The molecule has 3 amide bonds. The van der Waals surface area contributed by atoms with Crippen LogP contribution in [0.2, 0.25) is 0 Å². The van der Waals surface area contributed by atoms with E-state index in [-0.39, 0.29) is 135 Å². The summed E-state index contributed by atoms with van der Waals surface area (Å²) in [6.45, 7) is -1.33. The third kappa shape index (κ3) is 25.8. The molecule has 30 heteroatoms. The number of thiophene rings is 1. The van der Waals surface area contributed by atoms with Gasteiger partial charge in [0.25, 0.3) is 5.91 Å². The van der Waals surface area contributed by atoms with Gasteiger partial charge in [0.15, 0.2) is 109 Å². The SMILES string of the molecule is COCOCOCOCOCOCOc1cccc(C#Cc2c3nc(c(C#Cc4cccc(OCOCOCOCOCOCOC)c4)c4ccc([nH]4)c(-c4ccc(OCC(=O)N5C(=O)CCC5=O)cc4)c4ccc(s4)c(C#Cc4cccc(OCOCOCOCOCOCOC)c4)c4nc2C=C4)C=C3)c1. The number of benzene rings is 4. The van der Waals surface area contributed by atoms with Crippen molar-refractivity contribution in [1.29, 1.82) is 0 Å². The van der Waals surface area contributed by atoms with Crippen LogP contribution in [0.25, 0.3) is 55.9 Å². The number of hydrogen-bond donors (Lipinski definition) is 1. The Hall–Kier alpha value is -10.1. The van der Waals surface area contributed by atoms with Crippen LogP contribution in [0.3, 0.4) is 0 Å². The molecule has 1 saturated heterocycles. The lowest BCUT2D eigenvalue weighted by atomic mass is 10.1. The van der Waals surface area contributed by atoms with Crippen molar-refractivity contribution in [3.05, 3.63) is 177 Å². The fourth-order valence-corrected chi connectivity index (χ4v) is 10.9. The van der Waals surface area contributed by atoms with Gasteiger partial charge in [0.2, 0.25) is 11.8 Å². The molecule has 6 heterocycles. The van der Waals surface area contributed by atoms with Gasteiger partial charge in [-0.25, -0.2) is 14.9 Å². The number of H-pyrrole nitrogens is 1. The molecule has 3 aliphatic rings. The smallest absolute Gasteiger partial charge is 0.273 e. The first kappa shape index (κ1) is 79.4. The van der Waals surface area contributed by atoms with Crippen molar-refractivity contribution in [1.82, 2.24) is 19.9 Å². The molecule has 8 bridgehead atoms. The van der Waals surface area contributed by atoms with E-state index >= 15 is 0 Å². The number of carbonyl (C=O) groups is 3. The number of aromatic nitrogens is 3. The summed E-state index contributed by atoms with van der Waals surface area (Å²) in [7, 11) is 4.53. The first-order valence-corrected chi connectivity index (χ1v) is 33.6. The van der Waals surface area contributed by atoms with Crippen molar-refractivity contribution < 1.29 is 119 Å². The summed E-state index contributed by atoms with van der Waals surface area (Å²) in [5, 5.41) is 0. The van der Waals surface area contributed by atoms with E-state index in [2.05, 4.69) is 40.5 Å². The van der Waals surface area contributed by atoms with Crippen molar-refractivity contribution in [3.8, 4) is 69.6 Å². The van der Waals surface area contributed by atoms with E-state index < -0.39 is 24.3 Å². The van der Waals surface area contributed by atoms with Gasteiger partial charge in [-0.1, -0.05) is 65.9 Å². The first-order valence-electron chi connectivity index (χ1n) is 32.8. The molecule has 29 nitrogen and oxygen atoms in total. The minimum absolute atomic E-state index is 0.00367. The standard InChI is InChI=1S/C77H76N4O25S/c1-85-37-88-40-91-43-94-46-97-49-100-52-104-60-10-4-7-55(33-60)13-20-63-66-23-24-67(78-66)64(21-14-56-8-5-11-61(34-56)105-53-101-50-98-47-95-44-92-41-89-38-86-2)69-27-28-71(80-69)77(58-16-18-59(19-17-58)103-36-76(84)81-74(82)31-32-75(81)83)73-30-29-72(107-73)65(70-26-25-68(63)79-70)22-15-57-9-6-12-62(35-57)106-54-102-51-99-48-96-45-93-42-90-39-87-3/h4-12,16-19,23-30,33-35,80H,31-32,36-54H2,1-3H3. The van der Waals surface area contributed by atoms with Gasteiger partial charge in [-0.3, -0.25) is 14.4 Å². The van der Waals surface area contributed by atoms with Gasteiger partial charge in [0, 0.05) is 71.3 Å². The monoisotopic (exact) mass is 1490 g/mol. The van der Waals surface area contributed by atoms with Gasteiger partial charge < -0.3 is 109 Å². The lowest BCUT2D eigenvalue weighted by Crippen LogP contribution is -2.38. The number of nitrogens with zero attached hydrogens (tertiary/aromatic N) is 3. The van der Waals surface area contributed by atoms with E-state index in [4.69, 9.17) is 114 Å². The van der Waals surface area contributed by atoms with Crippen LogP contribution in [0.1, 0.15) is 69.0 Å². The molecule has 0 atom stereocenters. The molecule has 3 aromatic heterocycles. The first-order chi connectivity index (χ1) is 52.7. The van der Waals surface area contributed by atoms with Crippen LogP contribution in [-0.2, 0) is 99.6 Å². The number of fused-ring (bicyclic) bond motifs is 8. The molecule has 0 spiro atoms. The number of hydrogen-bond acceptors (Lipinski definition) is 28. The average molecular weight is 1490 g/mol. The number of carbonyl (C=O) groups excluding carboxylic acids is 3. The highest BCUT2D eigenvalue weighted by Crippen LogP contribution is 2.37. The van der Waals surface area contributed by atoms with E-state index in [1.165, 1.54) is 32.7 Å². The molecule has 0 radical (unpaired) electrons. The third-order valence-electron chi connectivity index (χ3n) is 14.5.